The number of anilines is 1. The lowest BCUT2D eigenvalue weighted by Gasteiger charge is -2.04. The highest BCUT2D eigenvalue weighted by Gasteiger charge is 1.99. The van der Waals surface area contributed by atoms with Gasteiger partial charge in [-0.3, -0.25) is 0 Å². The lowest BCUT2D eigenvalue weighted by Crippen LogP contribution is -1.89. The Morgan fingerprint density at radius 3 is 2.85 bits per heavy atom. The van der Waals surface area contributed by atoms with Gasteiger partial charge in [0.1, 0.15) is 0 Å². The van der Waals surface area contributed by atoms with E-state index in [1.165, 1.54) is 17.7 Å². The lowest BCUT2D eigenvalue weighted by atomic mass is 10.3. The molecule has 0 spiro atoms. The first-order valence-electron chi connectivity index (χ1n) is 4.42. The van der Waals surface area contributed by atoms with Gasteiger partial charge in [-0.1, -0.05) is 29.3 Å². The van der Waals surface area contributed by atoms with Gasteiger partial charge in [0.2, 0.25) is 0 Å². The SMILES string of the molecule is CCCCSc1ccc(Br)cc1N. The van der Waals surface area contributed by atoms with Gasteiger partial charge in [-0.05, 0) is 30.4 Å². The number of hydrogen-bond donors (Lipinski definition) is 1. The van der Waals surface area contributed by atoms with Crippen molar-refractivity contribution >= 4 is 33.4 Å². The molecule has 0 aliphatic rings. The maximum absolute atomic E-state index is 5.85. The molecular weight excluding hydrogens is 246 g/mol. The van der Waals surface area contributed by atoms with Gasteiger partial charge in [-0.15, -0.1) is 11.8 Å². The van der Waals surface area contributed by atoms with Crippen molar-refractivity contribution < 1.29 is 0 Å². The van der Waals surface area contributed by atoms with E-state index in [2.05, 4.69) is 28.9 Å². The smallest absolute Gasteiger partial charge is 0.0463 e. The van der Waals surface area contributed by atoms with Crippen LogP contribution in [0.5, 0.6) is 0 Å². The zero-order valence-corrected chi connectivity index (χ0v) is 10.1. The minimum Gasteiger partial charge on any atom is -0.398 e. The Morgan fingerprint density at radius 1 is 1.46 bits per heavy atom. The maximum atomic E-state index is 5.85. The molecule has 0 radical (unpaired) electrons. The van der Waals surface area contributed by atoms with E-state index >= 15 is 0 Å². The highest BCUT2D eigenvalue weighted by Crippen LogP contribution is 2.28. The number of nitrogens with two attached hydrogens (primary N) is 1. The Morgan fingerprint density at radius 2 is 2.23 bits per heavy atom. The molecule has 3 heteroatoms. The molecule has 0 heterocycles. The van der Waals surface area contributed by atoms with Gasteiger partial charge in [-0.2, -0.15) is 0 Å². The molecule has 0 aromatic heterocycles. The van der Waals surface area contributed by atoms with Crippen LogP contribution in [0.2, 0.25) is 0 Å². The van der Waals surface area contributed by atoms with Gasteiger partial charge < -0.3 is 5.73 Å². The molecule has 13 heavy (non-hydrogen) atoms. The standard InChI is InChI=1S/C10H14BrNS/c1-2-3-6-13-10-5-4-8(11)7-9(10)12/h4-5,7H,2-3,6,12H2,1H3. The molecule has 0 atom stereocenters. The van der Waals surface area contributed by atoms with Crippen LogP contribution in [-0.2, 0) is 0 Å². The fraction of sp³-hybridized carbons (Fsp3) is 0.400. The fourth-order valence-electron chi connectivity index (χ4n) is 0.977. The minimum absolute atomic E-state index is 0.871. The Labute approximate surface area is 92.2 Å². The third kappa shape index (κ3) is 3.61. The number of halogens is 1. The Balaban J connectivity index is 2.56. The molecule has 2 N–H and O–H groups in total. The maximum Gasteiger partial charge on any atom is 0.0463 e. The number of unbranched alkanes of at least 4 members (excludes halogenated alkanes) is 1. The zero-order chi connectivity index (χ0) is 9.68. The van der Waals surface area contributed by atoms with Gasteiger partial charge in [0.25, 0.3) is 0 Å². The van der Waals surface area contributed by atoms with Crippen molar-refractivity contribution in [3.05, 3.63) is 22.7 Å². The van der Waals surface area contributed by atoms with Gasteiger partial charge >= 0.3 is 0 Å². The third-order valence-electron chi connectivity index (χ3n) is 1.73. The number of nitrogen functional groups attached to an aromatic ring is 1. The molecule has 1 nitrogen and oxygen atoms in total. The van der Waals surface area contributed by atoms with Crippen LogP contribution in [0.4, 0.5) is 5.69 Å². The molecule has 0 fully saturated rings. The molecule has 0 bridgehead atoms. The van der Waals surface area contributed by atoms with E-state index in [0.717, 1.165) is 15.9 Å². The van der Waals surface area contributed by atoms with Crippen molar-refractivity contribution in [1.82, 2.24) is 0 Å². The molecule has 0 aliphatic heterocycles. The first-order valence-corrected chi connectivity index (χ1v) is 6.19. The van der Waals surface area contributed by atoms with E-state index in [9.17, 15) is 0 Å². The summed E-state index contributed by atoms with van der Waals surface area (Å²) >= 11 is 5.22. The summed E-state index contributed by atoms with van der Waals surface area (Å²) in [5.41, 5.74) is 6.72. The second-order valence-electron chi connectivity index (χ2n) is 2.88. The van der Waals surface area contributed by atoms with E-state index in [-0.39, 0.29) is 0 Å². The summed E-state index contributed by atoms with van der Waals surface area (Å²) in [6, 6.07) is 6.05. The molecule has 0 aliphatic carbocycles. The summed E-state index contributed by atoms with van der Waals surface area (Å²) in [6.07, 6.45) is 2.49. The summed E-state index contributed by atoms with van der Waals surface area (Å²) in [7, 11) is 0. The van der Waals surface area contributed by atoms with E-state index in [0.29, 0.717) is 0 Å². The van der Waals surface area contributed by atoms with Crippen molar-refractivity contribution in [3.8, 4) is 0 Å². The highest BCUT2D eigenvalue weighted by molar-refractivity contribution is 9.10. The summed E-state index contributed by atoms with van der Waals surface area (Å²) in [4.78, 5) is 1.19. The molecule has 0 amide bonds. The van der Waals surface area contributed by atoms with Crippen molar-refractivity contribution in [3.63, 3.8) is 0 Å². The van der Waals surface area contributed by atoms with Crippen LogP contribution < -0.4 is 5.73 Å². The first kappa shape index (κ1) is 10.9. The fourth-order valence-corrected chi connectivity index (χ4v) is 2.40. The molecule has 1 aromatic carbocycles. The molecule has 0 saturated carbocycles. The molecule has 1 rings (SSSR count). The van der Waals surface area contributed by atoms with Crippen LogP contribution >= 0.6 is 27.7 Å². The van der Waals surface area contributed by atoms with Gasteiger partial charge in [0.05, 0.1) is 0 Å². The largest absolute Gasteiger partial charge is 0.398 e. The molecule has 0 saturated heterocycles. The summed E-state index contributed by atoms with van der Waals surface area (Å²) in [6.45, 7) is 2.20. The van der Waals surface area contributed by atoms with E-state index in [1.807, 2.05) is 23.9 Å². The van der Waals surface area contributed by atoms with Crippen LogP contribution in [0.3, 0.4) is 0 Å². The predicted octanol–water partition coefficient (Wildman–Crippen LogP) is 3.92. The normalized spacial score (nSPS) is 10.3. The average Bonchev–Trinajstić information content (AvgIpc) is 2.09. The van der Waals surface area contributed by atoms with Crippen LogP contribution in [0.25, 0.3) is 0 Å². The second-order valence-corrected chi connectivity index (χ2v) is 4.94. The topological polar surface area (TPSA) is 26.0 Å². The van der Waals surface area contributed by atoms with Crippen molar-refractivity contribution in [1.29, 1.82) is 0 Å². The molecule has 0 unspecified atom stereocenters. The minimum atomic E-state index is 0.871. The second kappa shape index (κ2) is 5.55. The van der Waals surface area contributed by atoms with E-state index < -0.39 is 0 Å². The van der Waals surface area contributed by atoms with Crippen molar-refractivity contribution in [2.45, 2.75) is 24.7 Å². The summed E-state index contributed by atoms with van der Waals surface area (Å²) in [5, 5.41) is 0. The van der Waals surface area contributed by atoms with Crippen molar-refractivity contribution in [2.75, 3.05) is 11.5 Å². The Kier molecular flexibility index (Phi) is 4.67. The summed E-state index contributed by atoms with van der Waals surface area (Å²) in [5.74, 6) is 1.16. The first-order chi connectivity index (χ1) is 6.24. The average molecular weight is 260 g/mol. The Hall–Kier alpha value is -0.150. The zero-order valence-electron chi connectivity index (χ0n) is 7.72. The summed E-state index contributed by atoms with van der Waals surface area (Å²) < 4.78 is 1.05. The lowest BCUT2D eigenvalue weighted by molar-refractivity contribution is 0.896. The predicted molar refractivity (Wildman–Crippen MR) is 64.2 cm³/mol. The monoisotopic (exact) mass is 259 g/mol. The Bertz CT molecular complexity index is 276. The molecule has 72 valence electrons. The molecular formula is C10H14BrNS. The van der Waals surface area contributed by atoms with Gasteiger partial charge in [-0.25, -0.2) is 0 Å². The third-order valence-corrected chi connectivity index (χ3v) is 3.40. The van der Waals surface area contributed by atoms with Crippen LogP contribution in [0.15, 0.2) is 27.6 Å². The van der Waals surface area contributed by atoms with Crippen molar-refractivity contribution in [2.24, 2.45) is 0 Å². The number of rotatable bonds is 4. The van der Waals surface area contributed by atoms with E-state index in [1.54, 1.807) is 0 Å². The molecule has 1 aromatic rings. The van der Waals surface area contributed by atoms with Gasteiger partial charge in [0, 0.05) is 15.1 Å². The quantitative estimate of drug-likeness (QED) is 0.504. The number of thioether (sulfide) groups is 1. The number of hydrogen-bond acceptors (Lipinski definition) is 2. The van der Waals surface area contributed by atoms with Crippen LogP contribution in [-0.4, -0.2) is 5.75 Å². The van der Waals surface area contributed by atoms with Gasteiger partial charge in [0.15, 0.2) is 0 Å². The van der Waals surface area contributed by atoms with Crippen LogP contribution in [0, 0.1) is 0 Å². The van der Waals surface area contributed by atoms with E-state index in [4.69, 9.17) is 5.73 Å². The number of benzene rings is 1. The van der Waals surface area contributed by atoms with Crippen LogP contribution in [0.1, 0.15) is 19.8 Å². The highest BCUT2D eigenvalue weighted by atomic mass is 79.9.